The molecule has 6 aliphatic rings. The van der Waals surface area contributed by atoms with Crippen molar-refractivity contribution in [2.75, 3.05) is 4.90 Å². The first-order valence-electron chi connectivity index (χ1n) is 24.1. The molecule has 0 saturated heterocycles. The fourth-order valence-corrected chi connectivity index (χ4v) is 14.6. The van der Waals surface area contributed by atoms with E-state index in [0.717, 1.165) is 17.8 Å². The number of rotatable bonds is 5. The summed E-state index contributed by atoms with van der Waals surface area (Å²) < 4.78 is 0. The molecule has 6 aliphatic carbocycles. The molecule has 3 fully saturated rings. The Kier molecular flexibility index (Phi) is 7.79. The summed E-state index contributed by atoms with van der Waals surface area (Å²) in [5, 5.41) is 0. The first-order chi connectivity index (χ1) is 30.4. The molecule has 63 heavy (non-hydrogen) atoms. The predicted molar refractivity (Wildman–Crippen MR) is 264 cm³/mol. The van der Waals surface area contributed by atoms with E-state index in [9.17, 15) is 0 Å². The summed E-state index contributed by atoms with van der Waals surface area (Å²) in [6.45, 7) is 14.5. The average Bonchev–Trinajstić information content (AvgIpc) is 3.77. The molecule has 0 N–H and O–H groups in total. The van der Waals surface area contributed by atoms with Crippen molar-refractivity contribution in [3.8, 4) is 44.5 Å². The van der Waals surface area contributed by atoms with E-state index in [1.807, 2.05) is 0 Å². The van der Waals surface area contributed by atoms with Crippen molar-refractivity contribution < 1.29 is 0 Å². The Morgan fingerprint density at radius 2 is 0.857 bits per heavy atom. The zero-order valence-electron chi connectivity index (χ0n) is 38.0. The van der Waals surface area contributed by atoms with E-state index in [1.54, 1.807) is 5.56 Å². The van der Waals surface area contributed by atoms with Crippen LogP contribution in [0.3, 0.4) is 0 Å². The summed E-state index contributed by atoms with van der Waals surface area (Å²) in [6, 6.07) is 56.9. The van der Waals surface area contributed by atoms with Crippen molar-refractivity contribution in [3.63, 3.8) is 0 Å². The number of hydrogen-bond donors (Lipinski definition) is 0. The summed E-state index contributed by atoms with van der Waals surface area (Å²) in [5.41, 5.74) is 24.5. The molecule has 0 amide bonds. The van der Waals surface area contributed by atoms with Crippen LogP contribution in [-0.4, -0.2) is 0 Å². The van der Waals surface area contributed by atoms with Gasteiger partial charge in [0.1, 0.15) is 0 Å². The van der Waals surface area contributed by atoms with Crippen LogP contribution in [0.5, 0.6) is 0 Å². The van der Waals surface area contributed by atoms with Crippen molar-refractivity contribution in [2.45, 2.75) is 108 Å². The van der Waals surface area contributed by atoms with Gasteiger partial charge in [-0.15, -0.1) is 0 Å². The minimum Gasteiger partial charge on any atom is -0.310 e. The SMILES string of the molecule is CC1(C)c2ccccc2-c2ccc(N(c3ccc4c(c3)C(C)(C)c3ccccc3-4)c3ccc4c(c3)C(C)(C)c3cc(-c5ccc(C67CCC8CCC(CC8C6)C7)cc5)ccc3-4)cc21. The van der Waals surface area contributed by atoms with Gasteiger partial charge >= 0.3 is 0 Å². The van der Waals surface area contributed by atoms with Gasteiger partial charge in [-0.25, -0.2) is 0 Å². The molecular formula is C62H59N. The van der Waals surface area contributed by atoms with Crippen molar-refractivity contribution in [2.24, 2.45) is 17.8 Å². The molecule has 1 nitrogen and oxygen atoms in total. The molecule has 0 aliphatic heterocycles. The highest BCUT2D eigenvalue weighted by Crippen LogP contribution is 2.60. The van der Waals surface area contributed by atoms with Gasteiger partial charge in [-0.3, -0.25) is 0 Å². The maximum absolute atomic E-state index is 2.54. The fraction of sp³-hybridized carbons (Fsp3) is 0.323. The highest BCUT2D eigenvalue weighted by Gasteiger charge is 2.50. The Morgan fingerprint density at radius 1 is 0.397 bits per heavy atom. The third-order valence-corrected chi connectivity index (χ3v) is 18.0. The highest BCUT2D eigenvalue weighted by molar-refractivity contribution is 5.91. The molecule has 312 valence electrons. The second-order valence-corrected chi connectivity index (χ2v) is 22.3. The third kappa shape index (κ3) is 5.29. The Morgan fingerprint density at radius 3 is 1.41 bits per heavy atom. The molecule has 7 aromatic carbocycles. The summed E-state index contributed by atoms with van der Waals surface area (Å²) in [7, 11) is 0. The van der Waals surface area contributed by atoms with E-state index in [2.05, 4.69) is 192 Å². The number of fused-ring (bicyclic) bond motifs is 11. The second-order valence-electron chi connectivity index (χ2n) is 22.3. The van der Waals surface area contributed by atoms with E-state index in [-0.39, 0.29) is 16.2 Å². The summed E-state index contributed by atoms with van der Waals surface area (Å²) in [4.78, 5) is 2.54. The summed E-state index contributed by atoms with van der Waals surface area (Å²) >= 11 is 0. The number of anilines is 3. The van der Waals surface area contributed by atoms with Gasteiger partial charge in [-0.05, 0) is 188 Å². The van der Waals surface area contributed by atoms with Crippen LogP contribution in [0.25, 0.3) is 44.5 Å². The maximum Gasteiger partial charge on any atom is 0.0465 e. The Labute approximate surface area is 375 Å². The molecule has 1 heteroatoms. The van der Waals surface area contributed by atoms with Gasteiger partial charge < -0.3 is 4.90 Å². The zero-order chi connectivity index (χ0) is 42.6. The number of benzene rings is 7. The van der Waals surface area contributed by atoms with Crippen LogP contribution in [0, 0.1) is 17.8 Å². The average molecular weight is 818 g/mol. The second kappa shape index (κ2) is 13.0. The van der Waals surface area contributed by atoms with E-state index in [0.29, 0.717) is 5.41 Å². The number of hydrogen-bond acceptors (Lipinski definition) is 1. The van der Waals surface area contributed by atoms with Crippen LogP contribution in [0.15, 0.2) is 146 Å². The maximum atomic E-state index is 2.54. The Hall–Kier alpha value is -5.66. The molecule has 0 spiro atoms. The predicted octanol–water partition coefficient (Wildman–Crippen LogP) is 16.6. The van der Waals surface area contributed by atoms with Crippen molar-refractivity contribution in [1.29, 1.82) is 0 Å². The molecule has 0 radical (unpaired) electrons. The lowest BCUT2D eigenvalue weighted by Gasteiger charge is -2.55. The van der Waals surface area contributed by atoms with Gasteiger partial charge in [0.15, 0.2) is 0 Å². The number of nitrogens with zero attached hydrogens (tertiary/aromatic N) is 1. The third-order valence-electron chi connectivity index (χ3n) is 18.0. The minimum absolute atomic E-state index is 0.0943. The molecule has 3 saturated carbocycles. The molecular weight excluding hydrogens is 759 g/mol. The molecule has 0 heterocycles. The monoisotopic (exact) mass is 817 g/mol. The van der Waals surface area contributed by atoms with Gasteiger partial charge in [0.2, 0.25) is 0 Å². The lowest BCUT2D eigenvalue weighted by molar-refractivity contribution is 0.00964. The normalized spacial score (nSPS) is 24.2. The van der Waals surface area contributed by atoms with E-state index < -0.39 is 0 Å². The van der Waals surface area contributed by atoms with Gasteiger partial charge in [0.25, 0.3) is 0 Å². The first-order valence-corrected chi connectivity index (χ1v) is 24.1. The van der Waals surface area contributed by atoms with Crippen molar-refractivity contribution in [3.05, 3.63) is 185 Å². The largest absolute Gasteiger partial charge is 0.310 e. The van der Waals surface area contributed by atoms with Crippen LogP contribution < -0.4 is 4.90 Å². The van der Waals surface area contributed by atoms with Gasteiger partial charge in [-0.1, -0.05) is 151 Å². The quantitative estimate of drug-likeness (QED) is 0.167. The van der Waals surface area contributed by atoms with Gasteiger partial charge in [-0.2, -0.15) is 0 Å². The zero-order valence-corrected chi connectivity index (χ0v) is 38.0. The Balaban J connectivity index is 0.890. The van der Waals surface area contributed by atoms with Crippen molar-refractivity contribution in [1.82, 2.24) is 0 Å². The van der Waals surface area contributed by atoms with Crippen molar-refractivity contribution >= 4 is 17.1 Å². The highest BCUT2D eigenvalue weighted by atomic mass is 15.1. The molecule has 3 bridgehead atoms. The van der Waals surface area contributed by atoms with Crippen LogP contribution >= 0.6 is 0 Å². The molecule has 0 aromatic heterocycles. The van der Waals surface area contributed by atoms with Crippen LogP contribution in [0.2, 0.25) is 0 Å². The molecule has 4 unspecified atom stereocenters. The topological polar surface area (TPSA) is 3.24 Å². The lowest BCUT2D eigenvalue weighted by atomic mass is 9.50. The molecule has 7 aromatic rings. The molecule has 13 rings (SSSR count). The van der Waals surface area contributed by atoms with Gasteiger partial charge in [0.05, 0.1) is 0 Å². The van der Waals surface area contributed by atoms with Crippen LogP contribution in [0.1, 0.15) is 125 Å². The van der Waals surface area contributed by atoms with Gasteiger partial charge in [0, 0.05) is 33.3 Å². The summed E-state index contributed by atoms with van der Waals surface area (Å²) in [6.07, 6.45) is 10.1. The summed E-state index contributed by atoms with van der Waals surface area (Å²) in [5.74, 6) is 2.92. The van der Waals surface area contributed by atoms with Crippen LogP contribution in [0.4, 0.5) is 17.1 Å². The standard InChI is InChI=1S/C62H59N/c1-59(2)53-13-9-7-11-47(53)50-26-22-44(33-56(50)59)63(45-23-27-51-48-12-8-10-14-54(48)60(3,4)57(51)34-45)46-24-28-52-49-25-19-41(32-55(49)61(5,6)58(52)35-46)39-17-20-43(21-18-39)62-30-29-40-16-15-38(36-62)31-42(40)37-62/h7-14,17-28,32-35,38,40,42H,15-16,29-31,36-37H2,1-6H3. The van der Waals surface area contributed by atoms with E-state index in [4.69, 9.17) is 0 Å². The molecule has 4 atom stereocenters. The first kappa shape index (κ1) is 37.9. The van der Waals surface area contributed by atoms with Crippen LogP contribution in [-0.2, 0) is 21.7 Å². The minimum atomic E-state index is -0.164. The smallest absolute Gasteiger partial charge is 0.0465 e. The van der Waals surface area contributed by atoms with E-state index in [1.165, 1.54) is 140 Å². The lowest BCUT2D eigenvalue weighted by Crippen LogP contribution is -2.46. The van der Waals surface area contributed by atoms with E-state index >= 15 is 0 Å². The fourth-order valence-electron chi connectivity index (χ4n) is 14.6. The Bertz CT molecular complexity index is 2940.